The van der Waals surface area contributed by atoms with Gasteiger partial charge in [-0.1, -0.05) is 6.08 Å². The van der Waals surface area contributed by atoms with Crippen LogP contribution in [0.3, 0.4) is 0 Å². The van der Waals surface area contributed by atoms with Gasteiger partial charge in [-0.3, -0.25) is 0 Å². The highest BCUT2D eigenvalue weighted by Crippen LogP contribution is 2.14. The Balaban J connectivity index is 2.78. The second-order valence-electron chi connectivity index (χ2n) is 2.09. The lowest BCUT2D eigenvalue weighted by atomic mass is 10.3. The van der Waals surface area contributed by atoms with E-state index in [1.54, 1.807) is 12.2 Å². The van der Waals surface area contributed by atoms with Gasteiger partial charge in [0.1, 0.15) is 0 Å². The minimum absolute atomic E-state index is 0.285. The zero-order chi connectivity index (χ0) is 8.27. The number of hydrogen-bond acceptors (Lipinski definition) is 2. The molecule has 0 aromatic carbocycles. The maximum absolute atomic E-state index is 10.4. The van der Waals surface area contributed by atoms with Gasteiger partial charge in [-0.05, 0) is 12.2 Å². The zero-order valence-electron chi connectivity index (χ0n) is 6.07. The predicted octanol–water partition coefficient (Wildman–Crippen LogP) is 1.10. The zero-order valence-corrected chi connectivity index (χ0v) is 6.07. The van der Waals surface area contributed by atoms with Crippen molar-refractivity contribution in [3.05, 3.63) is 35.6 Å². The second kappa shape index (κ2) is 3.05. The van der Waals surface area contributed by atoms with Crippen molar-refractivity contribution in [2.75, 3.05) is 7.11 Å². The molecule has 0 atom stereocenters. The average molecular weight is 152 g/mol. The molecule has 11 heavy (non-hydrogen) atoms. The summed E-state index contributed by atoms with van der Waals surface area (Å²) in [7, 11) is 1.52. The van der Waals surface area contributed by atoms with Gasteiger partial charge in [0.15, 0.2) is 0 Å². The summed E-state index contributed by atoms with van der Waals surface area (Å²) in [6, 6.07) is 0. The highest BCUT2D eigenvalue weighted by atomic mass is 16.5. The van der Waals surface area contributed by atoms with Gasteiger partial charge < -0.3 is 9.84 Å². The summed E-state index contributed by atoms with van der Waals surface area (Å²) in [5.74, 6) is -0.916. The molecular weight excluding hydrogens is 144 g/mol. The Bertz CT molecular complexity index is 259. The fraction of sp³-hybridized carbons (Fsp3) is 0.125. The summed E-state index contributed by atoms with van der Waals surface area (Å²) in [5.41, 5.74) is 1.05. The van der Waals surface area contributed by atoms with Crippen molar-refractivity contribution in [2.24, 2.45) is 0 Å². The van der Waals surface area contributed by atoms with Crippen molar-refractivity contribution in [1.82, 2.24) is 0 Å². The fourth-order valence-electron chi connectivity index (χ4n) is 0.804. The largest absolute Gasteiger partial charge is 0.504 e. The van der Waals surface area contributed by atoms with Gasteiger partial charge in [0.05, 0.1) is 18.9 Å². The van der Waals surface area contributed by atoms with Gasteiger partial charge in [-0.25, -0.2) is 4.79 Å². The van der Waals surface area contributed by atoms with Crippen LogP contribution >= 0.6 is 0 Å². The number of carboxylic acid groups (broad SMARTS) is 1. The monoisotopic (exact) mass is 152 g/mol. The number of ether oxygens (including phenoxy) is 1. The van der Waals surface area contributed by atoms with Crippen molar-refractivity contribution in [1.29, 1.82) is 0 Å². The van der Waals surface area contributed by atoms with Crippen molar-refractivity contribution in [3.63, 3.8) is 0 Å². The van der Waals surface area contributed by atoms with E-state index in [2.05, 4.69) is 0 Å². The minimum Gasteiger partial charge on any atom is -0.504 e. The van der Waals surface area contributed by atoms with E-state index in [0.717, 1.165) is 5.57 Å². The van der Waals surface area contributed by atoms with Crippen LogP contribution in [0.15, 0.2) is 35.6 Å². The lowest BCUT2D eigenvalue weighted by Crippen LogP contribution is -1.94. The third-order valence-electron chi connectivity index (χ3n) is 1.28. The summed E-state index contributed by atoms with van der Waals surface area (Å²) in [6.45, 7) is 0. The first-order valence-electron chi connectivity index (χ1n) is 3.10. The van der Waals surface area contributed by atoms with E-state index in [9.17, 15) is 4.79 Å². The number of methoxy groups -OCH3 is 1. The van der Waals surface area contributed by atoms with Crippen LogP contribution in [0.2, 0.25) is 0 Å². The molecule has 0 saturated carbocycles. The van der Waals surface area contributed by atoms with Crippen LogP contribution in [0, 0.1) is 0 Å². The molecule has 1 aliphatic rings. The molecular formula is C8H8O3. The number of hydrogen-bond donors (Lipinski definition) is 1. The summed E-state index contributed by atoms with van der Waals surface area (Å²) >= 11 is 0. The average Bonchev–Trinajstić information content (AvgIpc) is 2.37. The molecule has 0 aliphatic heterocycles. The Hall–Kier alpha value is -1.51. The van der Waals surface area contributed by atoms with E-state index in [4.69, 9.17) is 9.84 Å². The molecule has 1 N–H and O–H groups in total. The molecule has 0 heterocycles. The lowest BCUT2D eigenvalue weighted by molar-refractivity contribution is -0.132. The lowest BCUT2D eigenvalue weighted by Gasteiger charge is -1.88. The molecule has 0 saturated heterocycles. The molecule has 0 fully saturated rings. The van der Waals surface area contributed by atoms with Gasteiger partial charge in [0.2, 0.25) is 0 Å². The van der Waals surface area contributed by atoms with E-state index in [1.165, 1.54) is 19.4 Å². The molecule has 0 radical (unpaired) electrons. The molecule has 1 rings (SSSR count). The number of allylic oxidation sites excluding steroid dienone is 3. The Morgan fingerprint density at radius 2 is 2.36 bits per heavy atom. The van der Waals surface area contributed by atoms with Crippen LogP contribution in [-0.2, 0) is 9.53 Å². The maximum atomic E-state index is 10.4. The second-order valence-corrected chi connectivity index (χ2v) is 2.09. The van der Waals surface area contributed by atoms with E-state index in [0.29, 0.717) is 0 Å². The van der Waals surface area contributed by atoms with Crippen molar-refractivity contribution in [2.45, 2.75) is 0 Å². The van der Waals surface area contributed by atoms with Crippen LogP contribution in [-0.4, -0.2) is 18.2 Å². The highest BCUT2D eigenvalue weighted by Gasteiger charge is 2.08. The van der Waals surface area contributed by atoms with Crippen molar-refractivity contribution in [3.8, 4) is 0 Å². The molecule has 0 spiro atoms. The van der Waals surface area contributed by atoms with Crippen molar-refractivity contribution < 1.29 is 14.6 Å². The van der Waals surface area contributed by atoms with Gasteiger partial charge in [0.25, 0.3) is 0 Å². The van der Waals surface area contributed by atoms with E-state index in [-0.39, 0.29) is 5.57 Å². The summed E-state index contributed by atoms with van der Waals surface area (Å²) in [5, 5.41) is 8.51. The molecule has 0 bridgehead atoms. The summed E-state index contributed by atoms with van der Waals surface area (Å²) in [6.07, 6.45) is 6.26. The SMILES string of the molecule is CO/C=C1\C=CC(C(=O)O)=C1. The normalized spacial score (nSPS) is 18.6. The van der Waals surface area contributed by atoms with Crippen LogP contribution < -0.4 is 0 Å². The molecule has 3 nitrogen and oxygen atoms in total. The van der Waals surface area contributed by atoms with Crippen LogP contribution in [0.5, 0.6) is 0 Å². The minimum atomic E-state index is -0.916. The van der Waals surface area contributed by atoms with Gasteiger partial charge >= 0.3 is 5.97 Å². The summed E-state index contributed by atoms with van der Waals surface area (Å²) < 4.78 is 4.70. The fourth-order valence-corrected chi connectivity index (χ4v) is 0.804. The van der Waals surface area contributed by atoms with Crippen LogP contribution in [0.4, 0.5) is 0 Å². The van der Waals surface area contributed by atoms with E-state index >= 15 is 0 Å². The van der Waals surface area contributed by atoms with Crippen molar-refractivity contribution >= 4 is 5.97 Å². The molecule has 1 aliphatic carbocycles. The Morgan fingerprint density at radius 1 is 1.64 bits per heavy atom. The number of aliphatic carboxylic acids is 1. The Morgan fingerprint density at radius 3 is 2.82 bits per heavy atom. The molecule has 0 aromatic rings. The molecule has 0 amide bonds. The first-order chi connectivity index (χ1) is 5.24. The third kappa shape index (κ3) is 1.70. The quantitative estimate of drug-likeness (QED) is 0.602. The van der Waals surface area contributed by atoms with Crippen LogP contribution in [0.25, 0.3) is 0 Å². The number of carboxylic acids is 1. The maximum Gasteiger partial charge on any atom is 0.335 e. The Kier molecular flexibility index (Phi) is 2.11. The topological polar surface area (TPSA) is 46.5 Å². The standard InChI is InChI=1S/C8H8O3/c1-11-5-6-2-3-7(4-6)8(9)10/h2-5H,1H3,(H,9,10)/b6-5+. The van der Waals surface area contributed by atoms with Crippen LogP contribution in [0.1, 0.15) is 0 Å². The smallest absolute Gasteiger partial charge is 0.335 e. The molecule has 0 unspecified atom stereocenters. The first-order valence-corrected chi connectivity index (χ1v) is 3.10. The van der Waals surface area contributed by atoms with E-state index < -0.39 is 5.97 Å². The number of carbonyl (C=O) groups is 1. The van der Waals surface area contributed by atoms with Gasteiger partial charge in [-0.15, -0.1) is 0 Å². The van der Waals surface area contributed by atoms with Gasteiger partial charge in [0, 0.05) is 5.57 Å². The number of rotatable bonds is 2. The molecule has 0 aromatic heterocycles. The third-order valence-corrected chi connectivity index (χ3v) is 1.28. The molecule has 3 heteroatoms. The van der Waals surface area contributed by atoms with Gasteiger partial charge in [-0.2, -0.15) is 0 Å². The molecule has 58 valence electrons. The van der Waals surface area contributed by atoms with E-state index in [1.807, 2.05) is 0 Å². The predicted molar refractivity (Wildman–Crippen MR) is 40.0 cm³/mol. The Labute approximate surface area is 64.3 Å². The first kappa shape index (κ1) is 7.60. The highest BCUT2D eigenvalue weighted by molar-refractivity contribution is 5.92. The summed E-state index contributed by atoms with van der Waals surface area (Å²) in [4.78, 5) is 10.4.